The molecule has 1 atom stereocenters. The van der Waals surface area contributed by atoms with Crippen LogP contribution in [0.5, 0.6) is 0 Å². The van der Waals surface area contributed by atoms with Gasteiger partial charge >= 0.3 is 0 Å². The summed E-state index contributed by atoms with van der Waals surface area (Å²) >= 11 is 0. The predicted octanol–water partition coefficient (Wildman–Crippen LogP) is 1.31. The molecule has 1 aliphatic heterocycles. The van der Waals surface area contributed by atoms with Crippen molar-refractivity contribution in [2.45, 2.75) is 39.2 Å². The predicted molar refractivity (Wildman–Crippen MR) is 40.6 cm³/mol. The van der Waals surface area contributed by atoms with Crippen LogP contribution >= 0.6 is 0 Å². The Bertz CT molecular complexity index is 151. The van der Waals surface area contributed by atoms with Gasteiger partial charge in [-0.1, -0.05) is 6.92 Å². The van der Waals surface area contributed by atoms with E-state index in [1.165, 1.54) is 0 Å². The molecule has 2 nitrogen and oxygen atoms in total. The fourth-order valence-electron chi connectivity index (χ4n) is 1.23. The van der Waals surface area contributed by atoms with Crippen molar-refractivity contribution in [3.63, 3.8) is 0 Å². The summed E-state index contributed by atoms with van der Waals surface area (Å²) in [5.74, 6) is 0.421. The molecule has 2 heteroatoms. The van der Waals surface area contributed by atoms with Crippen molar-refractivity contribution in [3.8, 4) is 0 Å². The highest BCUT2D eigenvalue weighted by Gasteiger charge is 2.29. The van der Waals surface area contributed by atoms with E-state index in [-0.39, 0.29) is 17.4 Å². The highest BCUT2D eigenvalue weighted by atomic mass is 16.2. The Morgan fingerprint density at radius 3 is 2.60 bits per heavy atom. The Balaban J connectivity index is 2.57. The van der Waals surface area contributed by atoms with Crippen molar-refractivity contribution in [2.24, 2.45) is 5.92 Å². The molecular formula is C8H15NO. The average molecular weight is 141 g/mol. The normalized spacial score (nSPS) is 31.5. The smallest absolute Gasteiger partial charge is 0.223 e. The highest BCUT2D eigenvalue weighted by Crippen LogP contribution is 2.21. The number of nitrogens with one attached hydrogen (secondary N) is 1. The molecule has 0 aromatic carbocycles. The molecule has 10 heavy (non-hydrogen) atoms. The van der Waals surface area contributed by atoms with Gasteiger partial charge in [0.05, 0.1) is 0 Å². The molecule has 1 saturated heterocycles. The molecule has 58 valence electrons. The van der Waals surface area contributed by atoms with E-state index in [0.29, 0.717) is 0 Å². The third-order valence-electron chi connectivity index (χ3n) is 2.11. The van der Waals surface area contributed by atoms with Gasteiger partial charge in [-0.15, -0.1) is 0 Å². The quantitative estimate of drug-likeness (QED) is 0.541. The van der Waals surface area contributed by atoms with Gasteiger partial charge in [0, 0.05) is 11.5 Å². The Labute approximate surface area is 62.0 Å². The van der Waals surface area contributed by atoms with Crippen LogP contribution in [0.2, 0.25) is 0 Å². The number of carbonyl (C=O) groups is 1. The molecule has 0 aliphatic carbocycles. The van der Waals surface area contributed by atoms with Crippen LogP contribution in [0, 0.1) is 5.92 Å². The molecule has 0 unspecified atom stereocenters. The van der Waals surface area contributed by atoms with E-state index >= 15 is 0 Å². The summed E-state index contributed by atoms with van der Waals surface area (Å²) in [6.07, 6.45) is 2.12. The van der Waals surface area contributed by atoms with Crippen molar-refractivity contribution in [1.29, 1.82) is 0 Å². The molecule has 1 fully saturated rings. The van der Waals surface area contributed by atoms with Crippen molar-refractivity contribution in [3.05, 3.63) is 0 Å². The second-order valence-corrected chi connectivity index (χ2v) is 3.81. The van der Waals surface area contributed by atoms with Gasteiger partial charge in [-0.3, -0.25) is 4.79 Å². The molecule has 0 saturated carbocycles. The topological polar surface area (TPSA) is 29.1 Å². The molecule has 1 amide bonds. The lowest BCUT2D eigenvalue weighted by Crippen LogP contribution is -2.49. The van der Waals surface area contributed by atoms with E-state index in [9.17, 15) is 4.79 Å². The minimum atomic E-state index is 0.0313. The molecule has 0 bridgehead atoms. The van der Waals surface area contributed by atoms with Gasteiger partial charge < -0.3 is 5.32 Å². The van der Waals surface area contributed by atoms with E-state index in [4.69, 9.17) is 0 Å². The second-order valence-electron chi connectivity index (χ2n) is 3.81. The molecule has 0 spiro atoms. The molecule has 1 N–H and O–H groups in total. The molecule has 1 rings (SSSR count). The van der Waals surface area contributed by atoms with E-state index < -0.39 is 0 Å². The number of piperidine rings is 1. The standard InChI is InChI=1S/C8H15NO/c1-6-4-5-8(2,3)9-7(6)10/h6H,4-5H2,1-3H3,(H,9,10)/t6-/m1/s1. The Morgan fingerprint density at radius 2 is 2.20 bits per heavy atom. The molecular weight excluding hydrogens is 126 g/mol. The monoisotopic (exact) mass is 141 g/mol. The number of amides is 1. The number of hydrogen-bond acceptors (Lipinski definition) is 1. The average Bonchev–Trinajstić information content (AvgIpc) is 1.79. The number of rotatable bonds is 0. The summed E-state index contributed by atoms with van der Waals surface area (Å²) in [6.45, 7) is 6.11. The Hall–Kier alpha value is -0.530. The minimum absolute atomic E-state index is 0.0313. The van der Waals surface area contributed by atoms with Crippen molar-refractivity contribution in [2.75, 3.05) is 0 Å². The maximum atomic E-state index is 11.1. The minimum Gasteiger partial charge on any atom is -0.351 e. The summed E-state index contributed by atoms with van der Waals surface area (Å²) in [4.78, 5) is 11.1. The van der Waals surface area contributed by atoms with E-state index in [2.05, 4.69) is 19.2 Å². The zero-order chi connectivity index (χ0) is 7.78. The number of carbonyl (C=O) groups excluding carboxylic acids is 1. The molecule has 0 aromatic heterocycles. The fraction of sp³-hybridized carbons (Fsp3) is 0.875. The summed E-state index contributed by atoms with van der Waals surface area (Å²) in [6, 6.07) is 0. The van der Waals surface area contributed by atoms with Crippen LogP contribution in [-0.4, -0.2) is 11.4 Å². The van der Waals surface area contributed by atoms with E-state index in [1.54, 1.807) is 0 Å². The second kappa shape index (κ2) is 2.26. The first-order chi connectivity index (χ1) is 4.51. The van der Waals surface area contributed by atoms with Crippen molar-refractivity contribution >= 4 is 5.91 Å². The molecule has 0 radical (unpaired) electrons. The van der Waals surface area contributed by atoms with Crippen LogP contribution in [-0.2, 0) is 4.79 Å². The third-order valence-corrected chi connectivity index (χ3v) is 2.11. The largest absolute Gasteiger partial charge is 0.351 e. The van der Waals surface area contributed by atoms with Gasteiger partial charge in [-0.25, -0.2) is 0 Å². The van der Waals surface area contributed by atoms with Gasteiger partial charge in [0.25, 0.3) is 0 Å². The van der Waals surface area contributed by atoms with Crippen LogP contribution in [0.25, 0.3) is 0 Å². The van der Waals surface area contributed by atoms with E-state index in [1.807, 2.05) is 6.92 Å². The summed E-state index contributed by atoms with van der Waals surface area (Å²) in [5.41, 5.74) is 0.0313. The van der Waals surface area contributed by atoms with E-state index in [0.717, 1.165) is 12.8 Å². The number of hydrogen-bond donors (Lipinski definition) is 1. The zero-order valence-corrected chi connectivity index (χ0v) is 6.90. The van der Waals surface area contributed by atoms with Gasteiger partial charge in [0.15, 0.2) is 0 Å². The SMILES string of the molecule is C[C@@H]1CCC(C)(C)NC1=O. The first kappa shape index (κ1) is 7.58. The van der Waals surface area contributed by atoms with Crippen LogP contribution in [0.3, 0.4) is 0 Å². The van der Waals surface area contributed by atoms with Crippen LogP contribution < -0.4 is 5.32 Å². The zero-order valence-electron chi connectivity index (χ0n) is 6.90. The van der Waals surface area contributed by atoms with Crippen molar-refractivity contribution in [1.82, 2.24) is 5.32 Å². The Morgan fingerprint density at radius 1 is 1.60 bits per heavy atom. The van der Waals surface area contributed by atoms with Crippen molar-refractivity contribution < 1.29 is 4.79 Å². The lowest BCUT2D eigenvalue weighted by Gasteiger charge is -2.33. The molecule has 1 heterocycles. The maximum Gasteiger partial charge on any atom is 0.223 e. The lowest BCUT2D eigenvalue weighted by molar-refractivity contribution is -0.128. The fourth-order valence-corrected chi connectivity index (χ4v) is 1.23. The summed E-state index contributed by atoms with van der Waals surface area (Å²) in [7, 11) is 0. The van der Waals surface area contributed by atoms with Crippen LogP contribution in [0.15, 0.2) is 0 Å². The third kappa shape index (κ3) is 1.49. The molecule has 1 aliphatic rings. The van der Waals surface area contributed by atoms with Gasteiger partial charge in [0.2, 0.25) is 5.91 Å². The van der Waals surface area contributed by atoms with Gasteiger partial charge in [-0.05, 0) is 26.7 Å². The van der Waals surface area contributed by atoms with Crippen LogP contribution in [0.4, 0.5) is 0 Å². The van der Waals surface area contributed by atoms with Gasteiger partial charge in [-0.2, -0.15) is 0 Å². The highest BCUT2D eigenvalue weighted by molar-refractivity contribution is 5.79. The Kier molecular flexibility index (Phi) is 1.71. The van der Waals surface area contributed by atoms with Gasteiger partial charge in [0.1, 0.15) is 0 Å². The van der Waals surface area contributed by atoms with Crippen LogP contribution in [0.1, 0.15) is 33.6 Å². The lowest BCUT2D eigenvalue weighted by atomic mass is 9.87. The summed E-state index contributed by atoms with van der Waals surface area (Å²) < 4.78 is 0. The molecule has 0 aromatic rings. The first-order valence-corrected chi connectivity index (χ1v) is 3.83. The maximum absolute atomic E-state index is 11.1. The first-order valence-electron chi connectivity index (χ1n) is 3.83. The summed E-state index contributed by atoms with van der Waals surface area (Å²) in [5, 5.41) is 2.97.